The molecule has 82 valence electrons. The van der Waals surface area contributed by atoms with E-state index >= 15 is 0 Å². The van der Waals surface area contributed by atoms with Gasteiger partial charge < -0.3 is 9.84 Å². The van der Waals surface area contributed by atoms with Gasteiger partial charge >= 0.3 is 0 Å². The molecule has 0 radical (unpaired) electrons. The molecule has 15 heavy (non-hydrogen) atoms. The summed E-state index contributed by atoms with van der Waals surface area (Å²) in [5.41, 5.74) is 0.715. The summed E-state index contributed by atoms with van der Waals surface area (Å²) >= 11 is 5.84. The number of allylic oxidation sites excluding steroid dienone is 1. The molecule has 3 heteroatoms. The molecule has 0 aliphatic rings. The number of aliphatic hydroxyl groups is 1. The first-order valence-electron chi connectivity index (χ1n) is 4.86. The minimum absolute atomic E-state index is 0.498. The monoisotopic (exact) mass is 226 g/mol. The number of ether oxygens (including phenoxy) is 1. The predicted molar refractivity (Wildman–Crippen MR) is 62.4 cm³/mol. The van der Waals surface area contributed by atoms with Gasteiger partial charge in [-0.1, -0.05) is 23.8 Å². The highest BCUT2D eigenvalue weighted by Crippen LogP contribution is 2.28. The molecule has 0 aromatic heterocycles. The highest BCUT2D eigenvalue weighted by atomic mass is 35.5. The Bertz CT molecular complexity index is 345. The maximum atomic E-state index is 9.53. The van der Waals surface area contributed by atoms with E-state index < -0.39 is 6.10 Å². The van der Waals surface area contributed by atoms with Crippen LogP contribution in [0.2, 0.25) is 5.02 Å². The van der Waals surface area contributed by atoms with Crippen molar-refractivity contribution in [2.75, 3.05) is 6.61 Å². The Kier molecular flexibility index (Phi) is 4.66. The minimum Gasteiger partial charge on any atom is -0.489 e. The Hall–Kier alpha value is -0.990. The average molecular weight is 227 g/mol. The highest BCUT2D eigenvalue weighted by molar-refractivity contribution is 6.30. The lowest BCUT2D eigenvalue weighted by Gasteiger charge is -2.12. The molecule has 1 aromatic rings. The smallest absolute Gasteiger partial charge is 0.125 e. The van der Waals surface area contributed by atoms with Crippen LogP contribution < -0.4 is 4.74 Å². The first kappa shape index (κ1) is 12.1. The molecular formula is C12H15ClO2. The molecule has 2 nitrogen and oxygen atoms in total. The van der Waals surface area contributed by atoms with Crippen molar-refractivity contribution in [3.63, 3.8) is 0 Å². The molecule has 0 heterocycles. The summed E-state index contributed by atoms with van der Waals surface area (Å²) in [7, 11) is 0. The zero-order valence-electron chi connectivity index (χ0n) is 8.90. The third-order valence-electron chi connectivity index (χ3n) is 1.99. The zero-order chi connectivity index (χ0) is 11.3. The van der Waals surface area contributed by atoms with Gasteiger partial charge in [0, 0.05) is 10.6 Å². The van der Waals surface area contributed by atoms with Crippen LogP contribution in [-0.2, 0) is 0 Å². The second-order valence-corrected chi connectivity index (χ2v) is 3.67. The van der Waals surface area contributed by atoms with Gasteiger partial charge in [0.25, 0.3) is 0 Å². The van der Waals surface area contributed by atoms with Crippen LogP contribution in [-0.4, -0.2) is 11.7 Å². The van der Waals surface area contributed by atoms with Crippen molar-refractivity contribution in [3.05, 3.63) is 40.9 Å². The van der Waals surface area contributed by atoms with Crippen LogP contribution >= 0.6 is 11.6 Å². The summed E-state index contributed by atoms with van der Waals surface area (Å²) in [6, 6.07) is 5.24. The summed E-state index contributed by atoms with van der Waals surface area (Å²) in [5.74, 6) is 0.674. The third kappa shape index (κ3) is 3.57. The van der Waals surface area contributed by atoms with Crippen molar-refractivity contribution < 1.29 is 9.84 Å². The minimum atomic E-state index is -0.579. The Labute approximate surface area is 95.1 Å². The van der Waals surface area contributed by atoms with Crippen LogP contribution in [0.4, 0.5) is 0 Å². The Morgan fingerprint density at radius 2 is 2.27 bits per heavy atom. The number of hydrogen-bond acceptors (Lipinski definition) is 2. The van der Waals surface area contributed by atoms with Crippen molar-refractivity contribution in [2.24, 2.45) is 0 Å². The molecule has 0 amide bonds. The van der Waals surface area contributed by atoms with Crippen LogP contribution in [0.15, 0.2) is 30.4 Å². The van der Waals surface area contributed by atoms with Gasteiger partial charge in [0.2, 0.25) is 0 Å². The van der Waals surface area contributed by atoms with E-state index in [4.69, 9.17) is 16.3 Å². The van der Waals surface area contributed by atoms with Gasteiger partial charge in [0.05, 0.1) is 6.10 Å². The number of hydrogen-bond donors (Lipinski definition) is 1. The molecular weight excluding hydrogens is 212 g/mol. The van der Waals surface area contributed by atoms with Crippen LogP contribution in [0.5, 0.6) is 5.75 Å². The van der Waals surface area contributed by atoms with E-state index in [1.54, 1.807) is 25.1 Å². The third-order valence-corrected chi connectivity index (χ3v) is 2.23. The quantitative estimate of drug-likeness (QED) is 0.798. The number of benzene rings is 1. The summed E-state index contributed by atoms with van der Waals surface area (Å²) in [6.07, 6.45) is 3.24. The Balaban J connectivity index is 2.85. The van der Waals surface area contributed by atoms with Gasteiger partial charge in [0.1, 0.15) is 12.4 Å². The number of halogens is 1. The van der Waals surface area contributed by atoms with Gasteiger partial charge in [0.15, 0.2) is 0 Å². The first-order chi connectivity index (χ1) is 7.15. The molecule has 0 bridgehead atoms. The van der Waals surface area contributed by atoms with Crippen molar-refractivity contribution >= 4 is 11.6 Å². The topological polar surface area (TPSA) is 29.5 Å². The Morgan fingerprint density at radius 3 is 2.87 bits per heavy atom. The molecule has 0 saturated carbocycles. The summed E-state index contributed by atoms with van der Waals surface area (Å²) in [5, 5.41) is 10.1. The highest BCUT2D eigenvalue weighted by Gasteiger charge is 2.09. The Morgan fingerprint density at radius 1 is 1.53 bits per heavy atom. The van der Waals surface area contributed by atoms with Crippen LogP contribution in [0.25, 0.3) is 0 Å². The number of aliphatic hydroxyl groups excluding tert-OH is 1. The van der Waals surface area contributed by atoms with Gasteiger partial charge in [-0.15, -0.1) is 0 Å². The van der Waals surface area contributed by atoms with Crippen molar-refractivity contribution in [1.29, 1.82) is 0 Å². The van der Waals surface area contributed by atoms with Crippen molar-refractivity contribution in [3.8, 4) is 5.75 Å². The summed E-state index contributed by atoms with van der Waals surface area (Å²) in [6.45, 7) is 4.12. The predicted octanol–water partition coefficient (Wildman–Crippen LogP) is 3.35. The number of rotatable bonds is 4. The van der Waals surface area contributed by atoms with E-state index in [1.807, 2.05) is 19.1 Å². The first-order valence-corrected chi connectivity index (χ1v) is 5.24. The fourth-order valence-corrected chi connectivity index (χ4v) is 1.39. The van der Waals surface area contributed by atoms with Gasteiger partial charge in [-0.2, -0.15) is 0 Å². The molecule has 0 fully saturated rings. The van der Waals surface area contributed by atoms with E-state index in [1.165, 1.54) is 0 Å². The molecule has 1 rings (SSSR count). The standard InChI is InChI=1S/C12H15ClO2/c1-3-4-7-15-12-6-5-10(13)8-11(12)9(2)14/h3-6,8-9,14H,7H2,1-2H3. The fourth-order valence-electron chi connectivity index (χ4n) is 1.21. The van der Waals surface area contributed by atoms with E-state index in [0.717, 1.165) is 0 Å². The van der Waals surface area contributed by atoms with Gasteiger partial charge in [-0.05, 0) is 32.0 Å². The van der Waals surface area contributed by atoms with E-state index in [-0.39, 0.29) is 0 Å². The second kappa shape index (κ2) is 5.79. The lowest BCUT2D eigenvalue weighted by Crippen LogP contribution is -2.00. The average Bonchev–Trinajstić information content (AvgIpc) is 2.20. The van der Waals surface area contributed by atoms with Crippen LogP contribution in [0, 0.1) is 0 Å². The summed E-state index contributed by atoms with van der Waals surface area (Å²) in [4.78, 5) is 0. The maximum absolute atomic E-state index is 9.53. The normalized spacial score (nSPS) is 13.1. The van der Waals surface area contributed by atoms with Crippen LogP contribution in [0.1, 0.15) is 25.5 Å². The molecule has 0 aliphatic carbocycles. The largest absolute Gasteiger partial charge is 0.489 e. The molecule has 1 unspecified atom stereocenters. The lowest BCUT2D eigenvalue weighted by molar-refractivity contribution is 0.193. The van der Waals surface area contributed by atoms with E-state index in [9.17, 15) is 5.11 Å². The molecule has 1 atom stereocenters. The molecule has 0 aliphatic heterocycles. The van der Waals surface area contributed by atoms with Crippen molar-refractivity contribution in [1.82, 2.24) is 0 Å². The van der Waals surface area contributed by atoms with Crippen LogP contribution in [0.3, 0.4) is 0 Å². The molecule has 1 aromatic carbocycles. The zero-order valence-corrected chi connectivity index (χ0v) is 9.66. The second-order valence-electron chi connectivity index (χ2n) is 3.24. The lowest BCUT2D eigenvalue weighted by atomic mass is 10.1. The molecule has 0 spiro atoms. The van der Waals surface area contributed by atoms with E-state index in [0.29, 0.717) is 22.9 Å². The van der Waals surface area contributed by atoms with E-state index in [2.05, 4.69) is 0 Å². The molecule has 0 saturated heterocycles. The SMILES string of the molecule is CC=CCOc1ccc(Cl)cc1C(C)O. The van der Waals surface area contributed by atoms with Crippen molar-refractivity contribution in [2.45, 2.75) is 20.0 Å². The van der Waals surface area contributed by atoms with Gasteiger partial charge in [-0.25, -0.2) is 0 Å². The van der Waals surface area contributed by atoms with Gasteiger partial charge in [-0.3, -0.25) is 0 Å². The summed E-state index contributed by atoms with van der Waals surface area (Å²) < 4.78 is 5.49. The maximum Gasteiger partial charge on any atom is 0.125 e. The molecule has 1 N–H and O–H groups in total. The fraction of sp³-hybridized carbons (Fsp3) is 0.333.